The summed E-state index contributed by atoms with van der Waals surface area (Å²) in [7, 11) is 0. The number of halogens is 5. The van der Waals surface area contributed by atoms with Crippen molar-refractivity contribution in [1.29, 1.82) is 0 Å². The number of carbonyl (C=O) groups is 1. The smallest absolute Gasteiger partial charge is 0.390 e. The van der Waals surface area contributed by atoms with Crippen molar-refractivity contribution in [2.24, 2.45) is 5.16 Å². The number of aryl methyl sites for hydroxylation is 1. The van der Waals surface area contributed by atoms with E-state index in [1.807, 2.05) is 0 Å². The summed E-state index contributed by atoms with van der Waals surface area (Å²) in [5, 5.41) is 13.9. The van der Waals surface area contributed by atoms with Gasteiger partial charge in [-0.05, 0) is 50.1 Å². The Balaban J connectivity index is 1.49. The third kappa shape index (κ3) is 6.75. The number of aliphatic hydroxyl groups is 1. The number of likely N-dealkylation sites (tertiary alicyclic amines) is 1. The first-order valence-corrected chi connectivity index (χ1v) is 12.1. The second-order valence-electron chi connectivity index (χ2n) is 9.06. The molecule has 0 atom stereocenters. The molecule has 3 aromatic rings. The largest absolute Gasteiger partial charge is 0.416 e. The van der Waals surface area contributed by atoms with E-state index in [-0.39, 0.29) is 22.9 Å². The van der Waals surface area contributed by atoms with Crippen molar-refractivity contribution >= 4 is 11.6 Å². The summed E-state index contributed by atoms with van der Waals surface area (Å²) >= 11 is 0. The highest BCUT2D eigenvalue weighted by Crippen LogP contribution is 2.32. The van der Waals surface area contributed by atoms with Crippen molar-refractivity contribution < 1.29 is 36.7 Å². The monoisotopic (exact) mass is 548 g/mol. The molecule has 0 aliphatic carbocycles. The molecule has 2 heterocycles. The average molecular weight is 549 g/mol. The number of carbonyl (C=O) groups excluding carboxylic acids is 1. The highest BCUT2D eigenvalue weighted by atomic mass is 19.4. The van der Waals surface area contributed by atoms with Gasteiger partial charge in [0.15, 0.2) is 5.75 Å². The number of rotatable bonds is 7. The van der Waals surface area contributed by atoms with Crippen molar-refractivity contribution in [3.05, 3.63) is 88.5 Å². The fourth-order valence-corrected chi connectivity index (χ4v) is 4.39. The van der Waals surface area contributed by atoms with Crippen molar-refractivity contribution in [1.82, 2.24) is 14.9 Å². The van der Waals surface area contributed by atoms with Crippen LogP contribution in [-0.4, -0.2) is 51.3 Å². The molecule has 1 fully saturated rings. The van der Waals surface area contributed by atoms with Crippen LogP contribution < -0.4 is 4.84 Å². The average Bonchev–Trinajstić information content (AvgIpc) is 2.91. The molecule has 0 spiro atoms. The first kappa shape index (κ1) is 28.1. The van der Waals surface area contributed by atoms with Gasteiger partial charge < -0.3 is 14.8 Å². The summed E-state index contributed by atoms with van der Waals surface area (Å²) in [6.45, 7) is 1.72. The van der Waals surface area contributed by atoms with Crippen molar-refractivity contribution in [2.45, 2.75) is 38.3 Å². The summed E-state index contributed by atoms with van der Waals surface area (Å²) < 4.78 is 67.0. The number of aromatic nitrogens is 2. The Morgan fingerprint density at radius 2 is 1.79 bits per heavy atom. The molecule has 0 saturated carbocycles. The van der Waals surface area contributed by atoms with E-state index < -0.39 is 42.3 Å². The minimum atomic E-state index is -4.56. The Bertz CT molecular complexity index is 1350. The van der Waals surface area contributed by atoms with Crippen LogP contribution in [0, 0.1) is 18.6 Å². The number of alkyl halides is 3. The van der Waals surface area contributed by atoms with Gasteiger partial charge in [-0.15, -0.1) is 0 Å². The van der Waals surface area contributed by atoms with Gasteiger partial charge in [-0.1, -0.05) is 17.3 Å². The van der Waals surface area contributed by atoms with Gasteiger partial charge in [-0.2, -0.15) is 13.2 Å². The molecule has 0 radical (unpaired) electrons. The first-order valence-electron chi connectivity index (χ1n) is 12.1. The lowest BCUT2D eigenvalue weighted by atomic mass is 9.89. The zero-order valence-electron chi connectivity index (χ0n) is 20.9. The predicted octanol–water partition coefficient (Wildman–Crippen LogP) is 4.81. The Kier molecular flexibility index (Phi) is 8.54. The van der Waals surface area contributed by atoms with Gasteiger partial charge in [0.2, 0.25) is 5.91 Å². The summed E-state index contributed by atoms with van der Waals surface area (Å²) in [6, 6.07) is 7.63. The molecule has 1 aliphatic heterocycles. The standard InChI is InChI=1S/C27H25F5N4O3/c1-16-33-14-21(24(15-37)35-39-19-5-2-4-18(12-19)27(30,31)32)26(34-16)17-8-10-36(11-9-17)25(38)13-20-22(28)6-3-7-23(20)29/h2-7,12,14,17,37H,8-11,13,15H2,1H3/b35-24+. The van der Waals surface area contributed by atoms with Gasteiger partial charge >= 0.3 is 6.18 Å². The molecule has 206 valence electrons. The quantitative estimate of drug-likeness (QED) is 0.260. The van der Waals surface area contributed by atoms with Crippen LogP contribution in [0.15, 0.2) is 53.8 Å². The Morgan fingerprint density at radius 1 is 1.13 bits per heavy atom. The Morgan fingerprint density at radius 3 is 2.44 bits per heavy atom. The fourth-order valence-electron chi connectivity index (χ4n) is 4.39. The Hall–Kier alpha value is -3.93. The molecule has 1 aliphatic rings. The molecule has 1 aromatic heterocycles. The third-order valence-corrected chi connectivity index (χ3v) is 6.45. The number of nitrogens with zero attached hydrogens (tertiary/aromatic N) is 4. The number of aliphatic hydroxyl groups excluding tert-OH is 1. The summed E-state index contributed by atoms with van der Waals surface area (Å²) in [5.74, 6) is -1.82. The highest BCUT2D eigenvalue weighted by molar-refractivity contribution is 6.02. The molecule has 1 amide bonds. The second kappa shape index (κ2) is 11.9. The lowest BCUT2D eigenvalue weighted by Gasteiger charge is -2.32. The molecule has 1 saturated heterocycles. The maximum atomic E-state index is 14.0. The van der Waals surface area contributed by atoms with E-state index in [2.05, 4.69) is 15.1 Å². The molecular weight excluding hydrogens is 523 g/mol. The normalized spacial score (nSPS) is 14.9. The van der Waals surface area contributed by atoms with Gasteiger partial charge in [0.1, 0.15) is 23.2 Å². The highest BCUT2D eigenvalue weighted by Gasteiger charge is 2.31. The fraction of sp³-hybridized carbons (Fsp3) is 0.333. The molecule has 1 N–H and O–H groups in total. The minimum Gasteiger partial charge on any atom is -0.390 e. The first-order chi connectivity index (χ1) is 18.6. The predicted molar refractivity (Wildman–Crippen MR) is 131 cm³/mol. The van der Waals surface area contributed by atoms with Crippen LogP contribution in [0.5, 0.6) is 5.75 Å². The zero-order valence-corrected chi connectivity index (χ0v) is 20.9. The van der Waals surface area contributed by atoms with E-state index in [0.29, 0.717) is 43.0 Å². The van der Waals surface area contributed by atoms with E-state index in [1.165, 1.54) is 29.3 Å². The van der Waals surface area contributed by atoms with E-state index >= 15 is 0 Å². The third-order valence-electron chi connectivity index (χ3n) is 6.45. The maximum Gasteiger partial charge on any atom is 0.416 e. The molecule has 4 rings (SSSR count). The van der Waals surface area contributed by atoms with E-state index in [4.69, 9.17) is 4.84 Å². The second-order valence-corrected chi connectivity index (χ2v) is 9.06. The van der Waals surface area contributed by atoms with E-state index in [9.17, 15) is 31.9 Å². The lowest BCUT2D eigenvalue weighted by Crippen LogP contribution is -2.39. The van der Waals surface area contributed by atoms with E-state index in [0.717, 1.165) is 24.3 Å². The molecule has 2 aromatic carbocycles. The van der Waals surface area contributed by atoms with Crippen LogP contribution >= 0.6 is 0 Å². The lowest BCUT2D eigenvalue weighted by molar-refractivity contribution is -0.137. The Labute approximate surface area is 220 Å². The van der Waals surface area contributed by atoms with Crippen molar-refractivity contribution in [3.63, 3.8) is 0 Å². The van der Waals surface area contributed by atoms with Crippen LogP contribution in [0.1, 0.15) is 47.0 Å². The summed E-state index contributed by atoms with van der Waals surface area (Å²) in [6.07, 6.45) is -2.54. The van der Waals surface area contributed by atoms with Crippen molar-refractivity contribution in [2.75, 3.05) is 19.7 Å². The maximum absolute atomic E-state index is 14.0. The zero-order chi connectivity index (χ0) is 28.2. The molecule has 7 nitrogen and oxygen atoms in total. The number of hydrogen-bond acceptors (Lipinski definition) is 6. The van der Waals surface area contributed by atoms with Crippen LogP contribution in [0.25, 0.3) is 0 Å². The van der Waals surface area contributed by atoms with E-state index in [1.54, 1.807) is 6.92 Å². The van der Waals surface area contributed by atoms with Gasteiger partial charge in [-0.25, -0.2) is 18.7 Å². The SMILES string of the molecule is Cc1ncc(/C(CO)=N/Oc2cccc(C(F)(F)F)c2)c(C2CCN(C(=O)Cc3c(F)cccc3F)CC2)n1. The number of piperidine rings is 1. The molecule has 0 bridgehead atoms. The molecule has 0 unspecified atom stereocenters. The minimum absolute atomic E-state index is 0.0240. The summed E-state index contributed by atoms with van der Waals surface area (Å²) in [4.78, 5) is 28.2. The van der Waals surface area contributed by atoms with Crippen LogP contribution in [-0.2, 0) is 17.4 Å². The summed E-state index contributed by atoms with van der Waals surface area (Å²) in [5.41, 5.74) is -0.235. The molecule has 39 heavy (non-hydrogen) atoms. The number of hydrogen-bond donors (Lipinski definition) is 1. The van der Waals surface area contributed by atoms with Gasteiger partial charge in [0.05, 0.1) is 24.3 Å². The van der Waals surface area contributed by atoms with Crippen LogP contribution in [0.2, 0.25) is 0 Å². The topological polar surface area (TPSA) is 87.9 Å². The number of benzene rings is 2. The number of amides is 1. The molecule has 12 heteroatoms. The molecular formula is C27H25F5N4O3. The number of oxime groups is 1. The van der Waals surface area contributed by atoms with Crippen molar-refractivity contribution in [3.8, 4) is 5.75 Å². The van der Waals surface area contributed by atoms with Gasteiger partial charge in [-0.3, -0.25) is 4.79 Å². The van der Waals surface area contributed by atoms with Gasteiger partial charge in [0, 0.05) is 36.3 Å². The van der Waals surface area contributed by atoms with Crippen LogP contribution in [0.4, 0.5) is 22.0 Å². The van der Waals surface area contributed by atoms with Gasteiger partial charge in [0.25, 0.3) is 0 Å². The van der Waals surface area contributed by atoms with Crippen LogP contribution in [0.3, 0.4) is 0 Å².